The fraction of sp³-hybridized carbons (Fsp3) is 0.400. The summed E-state index contributed by atoms with van der Waals surface area (Å²) >= 11 is 1.45. The van der Waals surface area contributed by atoms with Gasteiger partial charge in [0, 0.05) is 31.4 Å². The average molecular weight is 410 g/mol. The van der Waals surface area contributed by atoms with E-state index in [0.717, 1.165) is 34.7 Å². The monoisotopic (exact) mass is 409 g/mol. The minimum Gasteiger partial charge on any atom is -0.368 e. The average Bonchev–Trinajstić information content (AvgIpc) is 3.36. The van der Waals surface area contributed by atoms with E-state index in [9.17, 15) is 4.79 Å². The van der Waals surface area contributed by atoms with Gasteiger partial charge in [0.15, 0.2) is 10.6 Å². The van der Waals surface area contributed by atoms with Crippen LogP contribution in [-0.4, -0.2) is 51.6 Å². The number of nitrogens with one attached hydrogen (secondary N) is 1. The van der Waals surface area contributed by atoms with Gasteiger partial charge in [-0.1, -0.05) is 6.07 Å². The molecule has 0 saturated carbocycles. The molecule has 3 N–H and O–H groups in total. The van der Waals surface area contributed by atoms with Crippen molar-refractivity contribution in [1.29, 1.82) is 0 Å². The first-order chi connectivity index (χ1) is 14.1. The molecule has 1 aliphatic carbocycles. The van der Waals surface area contributed by atoms with E-state index in [-0.39, 0.29) is 18.0 Å². The number of anilines is 3. The number of urea groups is 1. The van der Waals surface area contributed by atoms with E-state index in [1.807, 2.05) is 11.0 Å². The van der Waals surface area contributed by atoms with E-state index in [2.05, 4.69) is 44.2 Å². The van der Waals surface area contributed by atoms with Crippen LogP contribution in [0.5, 0.6) is 0 Å². The zero-order chi connectivity index (χ0) is 20.0. The number of aromatic nitrogens is 3. The molecule has 8 nitrogen and oxygen atoms in total. The van der Waals surface area contributed by atoms with E-state index >= 15 is 0 Å². The minimum atomic E-state index is -0.0598. The highest BCUT2D eigenvalue weighted by molar-refractivity contribution is 7.16. The lowest BCUT2D eigenvalue weighted by atomic mass is 10.1. The van der Waals surface area contributed by atoms with Gasteiger partial charge in [-0.25, -0.2) is 14.8 Å². The number of piperazine rings is 1. The highest BCUT2D eigenvalue weighted by Gasteiger charge is 2.29. The zero-order valence-electron chi connectivity index (χ0n) is 16.3. The number of aryl methyl sites for hydroxylation is 2. The maximum Gasteiger partial charge on any atom is 0.321 e. The first-order valence-electron chi connectivity index (χ1n) is 9.89. The maximum atomic E-state index is 12.8. The Morgan fingerprint density at radius 2 is 2.10 bits per heavy atom. The van der Waals surface area contributed by atoms with Gasteiger partial charge in [0.25, 0.3) is 0 Å². The summed E-state index contributed by atoms with van der Waals surface area (Å²) < 4.78 is 0. The molecule has 0 bridgehead atoms. The first kappa shape index (κ1) is 18.1. The summed E-state index contributed by atoms with van der Waals surface area (Å²) in [5.41, 5.74) is 12.1. The van der Waals surface area contributed by atoms with Crippen LogP contribution in [0.2, 0.25) is 0 Å². The number of hydrogen-bond acceptors (Lipinski definition) is 7. The summed E-state index contributed by atoms with van der Waals surface area (Å²) in [5, 5.41) is 3.06. The van der Waals surface area contributed by atoms with Crippen molar-refractivity contribution in [2.45, 2.75) is 32.2 Å². The largest absolute Gasteiger partial charge is 0.368 e. The van der Waals surface area contributed by atoms with Crippen LogP contribution in [0.3, 0.4) is 0 Å². The number of nitrogen functional groups attached to an aromatic ring is 1. The smallest absolute Gasteiger partial charge is 0.321 e. The molecule has 1 saturated heterocycles. The number of nitrogens with zero attached hydrogens (tertiary/aromatic N) is 5. The molecule has 150 valence electrons. The number of hydrogen-bond donors (Lipinski definition) is 2. The number of rotatable bonds is 2. The van der Waals surface area contributed by atoms with Crippen LogP contribution >= 0.6 is 11.3 Å². The molecule has 2 aromatic heterocycles. The third-order valence-electron chi connectivity index (χ3n) is 5.73. The summed E-state index contributed by atoms with van der Waals surface area (Å²) in [5.74, 6) is 1.00. The third kappa shape index (κ3) is 3.35. The van der Waals surface area contributed by atoms with Gasteiger partial charge in [-0.05, 0) is 49.4 Å². The van der Waals surface area contributed by atoms with Gasteiger partial charge in [-0.15, -0.1) is 11.3 Å². The topological polar surface area (TPSA) is 100 Å². The van der Waals surface area contributed by atoms with E-state index < -0.39 is 0 Å². The molecule has 1 atom stereocenters. The van der Waals surface area contributed by atoms with Crippen LogP contribution in [0.4, 0.5) is 22.2 Å². The van der Waals surface area contributed by atoms with Crippen LogP contribution in [0.1, 0.15) is 24.5 Å². The predicted molar refractivity (Wildman–Crippen MR) is 115 cm³/mol. The minimum absolute atomic E-state index is 0.0598. The van der Waals surface area contributed by atoms with E-state index in [1.165, 1.54) is 28.9 Å². The summed E-state index contributed by atoms with van der Waals surface area (Å²) in [4.78, 5) is 30.7. The molecule has 1 aliphatic heterocycles. The molecule has 9 heteroatoms. The molecule has 0 spiro atoms. The number of fused-ring (bicyclic) bond motifs is 2. The molecule has 3 heterocycles. The summed E-state index contributed by atoms with van der Waals surface area (Å²) in [6, 6.07) is 6.29. The quantitative estimate of drug-likeness (QED) is 0.675. The lowest BCUT2D eigenvalue weighted by molar-refractivity contribution is 0.200. The number of thiazole rings is 1. The van der Waals surface area contributed by atoms with Gasteiger partial charge in [-0.2, -0.15) is 4.98 Å². The van der Waals surface area contributed by atoms with Crippen LogP contribution in [0.15, 0.2) is 23.7 Å². The number of carbonyl (C=O) groups is 1. The highest BCUT2D eigenvalue weighted by Crippen LogP contribution is 2.29. The first-order valence-corrected chi connectivity index (χ1v) is 10.8. The summed E-state index contributed by atoms with van der Waals surface area (Å²) in [6.45, 7) is 3.97. The lowest BCUT2D eigenvalue weighted by Crippen LogP contribution is -2.55. The Labute approximate surface area is 172 Å². The Kier molecular flexibility index (Phi) is 4.46. The van der Waals surface area contributed by atoms with Crippen molar-refractivity contribution in [3.63, 3.8) is 0 Å². The SMILES string of the molecule is CC1CN(C(=O)Nc2ccc3c(c2)CCC3)CCN1c1nc(N)nc2scnc12. The molecular formula is C20H23N7OS. The Bertz CT molecular complexity index is 1080. The molecule has 0 radical (unpaired) electrons. The van der Waals surface area contributed by atoms with E-state index in [1.54, 1.807) is 5.51 Å². The number of amides is 2. The lowest BCUT2D eigenvalue weighted by Gasteiger charge is -2.40. The third-order valence-corrected chi connectivity index (χ3v) is 6.45. The van der Waals surface area contributed by atoms with Gasteiger partial charge >= 0.3 is 6.03 Å². The van der Waals surface area contributed by atoms with E-state index in [0.29, 0.717) is 19.6 Å². The van der Waals surface area contributed by atoms with Crippen LogP contribution in [0, 0.1) is 0 Å². The van der Waals surface area contributed by atoms with Crippen molar-refractivity contribution in [3.8, 4) is 0 Å². The van der Waals surface area contributed by atoms with Gasteiger partial charge in [0.2, 0.25) is 5.95 Å². The second-order valence-electron chi connectivity index (χ2n) is 7.67. The Morgan fingerprint density at radius 1 is 1.24 bits per heavy atom. The molecule has 5 rings (SSSR count). The highest BCUT2D eigenvalue weighted by atomic mass is 32.1. The van der Waals surface area contributed by atoms with E-state index in [4.69, 9.17) is 5.73 Å². The number of carbonyl (C=O) groups excluding carboxylic acids is 1. The van der Waals surface area contributed by atoms with Gasteiger partial charge < -0.3 is 20.9 Å². The number of nitrogens with two attached hydrogens (primary N) is 1. The van der Waals surface area contributed by atoms with Crippen molar-refractivity contribution >= 4 is 45.2 Å². The predicted octanol–water partition coefficient (Wildman–Crippen LogP) is 2.90. The van der Waals surface area contributed by atoms with Gasteiger partial charge in [0.1, 0.15) is 5.52 Å². The van der Waals surface area contributed by atoms with Crippen molar-refractivity contribution < 1.29 is 4.79 Å². The number of benzene rings is 1. The molecule has 3 aromatic rings. The van der Waals surface area contributed by atoms with Crippen LogP contribution < -0.4 is 16.0 Å². The van der Waals surface area contributed by atoms with Crippen molar-refractivity contribution in [3.05, 3.63) is 34.8 Å². The Morgan fingerprint density at radius 3 is 2.97 bits per heavy atom. The second-order valence-corrected chi connectivity index (χ2v) is 8.50. The molecule has 1 aromatic carbocycles. The van der Waals surface area contributed by atoms with Crippen LogP contribution in [0.25, 0.3) is 10.3 Å². The Hall–Kier alpha value is -2.94. The fourth-order valence-corrected chi connectivity index (χ4v) is 4.93. The van der Waals surface area contributed by atoms with Crippen molar-refractivity contribution in [2.24, 2.45) is 0 Å². The van der Waals surface area contributed by atoms with Crippen molar-refractivity contribution in [1.82, 2.24) is 19.9 Å². The summed E-state index contributed by atoms with van der Waals surface area (Å²) in [6.07, 6.45) is 3.44. The summed E-state index contributed by atoms with van der Waals surface area (Å²) in [7, 11) is 0. The molecule has 2 amide bonds. The van der Waals surface area contributed by atoms with Crippen LogP contribution in [-0.2, 0) is 12.8 Å². The maximum absolute atomic E-state index is 12.8. The van der Waals surface area contributed by atoms with Crippen molar-refractivity contribution in [2.75, 3.05) is 35.6 Å². The molecule has 1 unspecified atom stereocenters. The second kappa shape index (κ2) is 7.14. The molecular weight excluding hydrogens is 386 g/mol. The normalized spacial score (nSPS) is 18.9. The van der Waals surface area contributed by atoms with Gasteiger partial charge in [-0.3, -0.25) is 0 Å². The van der Waals surface area contributed by atoms with Gasteiger partial charge in [0.05, 0.1) is 5.51 Å². The standard InChI is InChI=1S/C20H23N7OS/c1-12-10-26(20(28)23-15-6-5-13-3-2-4-14(13)9-15)7-8-27(12)17-16-18(29-11-22-16)25-19(21)24-17/h5-6,9,11-12H,2-4,7-8,10H2,1H3,(H,23,28)(H2,21,24,25). The zero-order valence-corrected chi connectivity index (χ0v) is 17.1. The molecule has 2 aliphatic rings. The Balaban J connectivity index is 1.29. The molecule has 1 fully saturated rings. The molecule has 29 heavy (non-hydrogen) atoms. The fourth-order valence-electron chi connectivity index (χ4n) is 4.27.